The second-order valence-electron chi connectivity index (χ2n) is 6.33. The highest BCUT2D eigenvalue weighted by Crippen LogP contribution is 2.43. The molecule has 9 nitrogen and oxygen atoms in total. The van der Waals surface area contributed by atoms with Crippen LogP contribution in [0.25, 0.3) is 11.4 Å². The molecule has 0 bridgehead atoms. The molecule has 1 aliphatic heterocycles. The summed E-state index contributed by atoms with van der Waals surface area (Å²) in [5, 5.41) is 9.42. The van der Waals surface area contributed by atoms with Crippen LogP contribution in [0.4, 0.5) is 5.69 Å². The van der Waals surface area contributed by atoms with Crippen LogP contribution in [-0.4, -0.2) is 41.3 Å². The highest BCUT2D eigenvalue weighted by atomic mass is 16.6. The van der Waals surface area contributed by atoms with E-state index < -0.39 is 12.1 Å². The van der Waals surface area contributed by atoms with E-state index in [4.69, 9.17) is 14.2 Å². The average molecular weight is 394 g/mol. The highest BCUT2D eigenvalue weighted by Gasteiger charge is 2.36. The molecule has 1 amide bonds. The Balaban J connectivity index is 1.51. The van der Waals surface area contributed by atoms with Crippen molar-refractivity contribution in [2.75, 3.05) is 19.5 Å². The number of esters is 1. The Hall–Kier alpha value is -3.88. The van der Waals surface area contributed by atoms with E-state index in [1.807, 2.05) is 6.07 Å². The Bertz CT molecular complexity index is 1060. The summed E-state index contributed by atoms with van der Waals surface area (Å²) in [6.07, 6.45) is 0.686. The summed E-state index contributed by atoms with van der Waals surface area (Å²) in [6.45, 7) is 0. The molecular weight excluding hydrogens is 376 g/mol. The summed E-state index contributed by atoms with van der Waals surface area (Å²) in [5.74, 6) is 0.497. The molecule has 2 aromatic carbocycles. The van der Waals surface area contributed by atoms with E-state index in [0.717, 1.165) is 5.56 Å². The van der Waals surface area contributed by atoms with Gasteiger partial charge >= 0.3 is 5.97 Å². The lowest BCUT2D eigenvalue weighted by Crippen LogP contribution is -2.15. The SMILES string of the molecule is COc1ccc2c(c1OC)C(=O)OC2CC(=O)Nc1cccc(-c2ncn[nH]2)c1. The molecule has 1 unspecified atom stereocenters. The number of carbonyl (C=O) groups excluding carboxylic acids is 2. The number of ether oxygens (including phenoxy) is 3. The fourth-order valence-electron chi connectivity index (χ4n) is 3.29. The minimum Gasteiger partial charge on any atom is -0.493 e. The summed E-state index contributed by atoms with van der Waals surface area (Å²) in [6, 6.07) is 10.6. The van der Waals surface area contributed by atoms with Gasteiger partial charge in [-0.3, -0.25) is 9.89 Å². The molecule has 2 N–H and O–H groups in total. The van der Waals surface area contributed by atoms with Crippen LogP contribution in [-0.2, 0) is 9.53 Å². The molecule has 1 atom stereocenters. The zero-order valence-electron chi connectivity index (χ0n) is 15.8. The van der Waals surface area contributed by atoms with Crippen LogP contribution in [0.15, 0.2) is 42.7 Å². The molecule has 148 valence electrons. The lowest BCUT2D eigenvalue weighted by Gasteiger charge is -2.13. The number of nitrogens with zero attached hydrogens (tertiary/aromatic N) is 2. The number of carbonyl (C=O) groups is 2. The van der Waals surface area contributed by atoms with Gasteiger partial charge < -0.3 is 19.5 Å². The van der Waals surface area contributed by atoms with Crippen LogP contribution in [0, 0.1) is 0 Å². The Morgan fingerprint density at radius 3 is 2.83 bits per heavy atom. The lowest BCUT2D eigenvalue weighted by atomic mass is 10.0. The standard InChI is InChI=1S/C20H18N4O5/c1-27-14-7-6-13-15(29-20(26)17(13)18(14)28-2)9-16(25)23-12-5-3-4-11(8-12)19-21-10-22-24-19/h3-8,10,15H,9H2,1-2H3,(H,23,25)(H,21,22,24). The van der Waals surface area contributed by atoms with E-state index in [2.05, 4.69) is 20.5 Å². The van der Waals surface area contributed by atoms with Gasteiger partial charge in [0.15, 0.2) is 17.3 Å². The maximum absolute atomic E-state index is 12.6. The van der Waals surface area contributed by atoms with Crippen molar-refractivity contribution in [2.24, 2.45) is 0 Å². The van der Waals surface area contributed by atoms with E-state index in [0.29, 0.717) is 28.6 Å². The molecule has 0 saturated heterocycles. The average Bonchev–Trinajstić information content (AvgIpc) is 3.36. The zero-order valence-corrected chi connectivity index (χ0v) is 15.8. The number of methoxy groups -OCH3 is 2. The minimum atomic E-state index is -0.699. The number of rotatable bonds is 6. The van der Waals surface area contributed by atoms with Gasteiger partial charge in [0.1, 0.15) is 18.0 Å². The van der Waals surface area contributed by atoms with Crippen molar-refractivity contribution >= 4 is 17.6 Å². The van der Waals surface area contributed by atoms with Crippen molar-refractivity contribution in [2.45, 2.75) is 12.5 Å². The van der Waals surface area contributed by atoms with Crippen molar-refractivity contribution in [3.63, 3.8) is 0 Å². The summed E-state index contributed by atoms with van der Waals surface area (Å²) >= 11 is 0. The van der Waals surface area contributed by atoms with Crippen molar-refractivity contribution < 1.29 is 23.8 Å². The number of fused-ring (bicyclic) bond motifs is 1. The van der Waals surface area contributed by atoms with Gasteiger partial charge in [-0.2, -0.15) is 5.10 Å². The molecular formula is C20H18N4O5. The van der Waals surface area contributed by atoms with E-state index in [-0.39, 0.29) is 17.9 Å². The van der Waals surface area contributed by atoms with Crippen LogP contribution in [0.1, 0.15) is 28.4 Å². The van der Waals surface area contributed by atoms with Gasteiger partial charge in [0.25, 0.3) is 0 Å². The normalized spacial score (nSPS) is 14.8. The predicted octanol–water partition coefficient (Wildman–Crippen LogP) is 2.73. The molecule has 0 radical (unpaired) electrons. The number of aromatic amines is 1. The van der Waals surface area contributed by atoms with Gasteiger partial charge in [-0.05, 0) is 18.2 Å². The number of hydrogen-bond donors (Lipinski definition) is 2. The summed E-state index contributed by atoms with van der Waals surface area (Å²) < 4.78 is 15.9. The Morgan fingerprint density at radius 2 is 2.10 bits per heavy atom. The first-order valence-corrected chi connectivity index (χ1v) is 8.82. The second kappa shape index (κ2) is 7.63. The van der Waals surface area contributed by atoms with E-state index in [9.17, 15) is 9.59 Å². The van der Waals surface area contributed by atoms with Crippen LogP contribution >= 0.6 is 0 Å². The van der Waals surface area contributed by atoms with Crippen molar-refractivity contribution in [1.29, 1.82) is 0 Å². The number of H-pyrrole nitrogens is 1. The highest BCUT2D eigenvalue weighted by molar-refractivity contribution is 5.99. The van der Waals surface area contributed by atoms with Gasteiger partial charge in [0.2, 0.25) is 5.91 Å². The molecule has 0 saturated carbocycles. The number of aromatic nitrogens is 3. The Morgan fingerprint density at radius 1 is 1.24 bits per heavy atom. The monoisotopic (exact) mass is 394 g/mol. The largest absolute Gasteiger partial charge is 0.493 e. The van der Waals surface area contributed by atoms with Crippen LogP contribution in [0.2, 0.25) is 0 Å². The van der Waals surface area contributed by atoms with Gasteiger partial charge in [-0.25, -0.2) is 9.78 Å². The molecule has 2 heterocycles. The van der Waals surface area contributed by atoms with Crippen LogP contribution in [0.3, 0.4) is 0 Å². The zero-order chi connectivity index (χ0) is 20.4. The van der Waals surface area contributed by atoms with Gasteiger partial charge in [-0.15, -0.1) is 0 Å². The summed E-state index contributed by atoms with van der Waals surface area (Å²) in [4.78, 5) is 29.0. The van der Waals surface area contributed by atoms with E-state index in [1.54, 1.807) is 30.3 Å². The molecule has 9 heteroatoms. The van der Waals surface area contributed by atoms with E-state index in [1.165, 1.54) is 20.5 Å². The van der Waals surface area contributed by atoms with Crippen LogP contribution < -0.4 is 14.8 Å². The maximum atomic E-state index is 12.6. The van der Waals surface area contributed by atoms with Gasteiger partial charge in [0, 0.05) is 16.8 Å². The molecule has 4 rings (SSSR count). The van der Waals surface area contributed by atoms with Crippen molar-refractivity contribution in [3.8, 4) is 22.9 Å². The van der Waals surface area contributed by atoms with Gasteiger partial charge in [-0.1, -0.05) is 18.2 Å². The fourth-order valence-corrected chi connectivity index (χ4v) is 3.29. The Labute approximate surface area is 166 Å². The topological polar surface area (TPSA) is 115 Å². The number of amides is 1. The molecule has 0 aliphatic carbocycles. The number of nitrogens with one attached hydrogen (secondary N) is 2. The summed E-state index contributed by atoms with van der Waals surface area (Å²) in [5.41, 5.74) is 2.27. The number of anilines is 1. The third-order valence-electron chi connectivity index (χ3n) is 4.58. The minimum absolute atomic E-state index is 0.0270. The number of hydrogen-bond acceptors (Lipinski definition) is 7. The second-order valence-corrected chi connectivity index (χ2v) is 6.33. The summed E-state index contributed by atoms with van der Waals surface area (Å²) in [7, 11) is 2.94. The molecule has 3 aromatic rings. The fraction of sp³-hybridized carbons (Fsp3) is 0.200. The van der Waals surface area contributed by atoms with E-state index >= 15 is 0 Å². The first-order chi connectivity index (χ1) is 14.1. The Kier molecular flexibility index (Phi) is 4.86. The maximum Gasteiger partial charge on any atom is 0.343 e. The van der Waals surface area contributed by atoms with Crippen LogP contribution in [0.5, 0.6) is 11.5 Å². The molecule has 0 fully saturated rings. The molecule has 1 aliphatic rings. The van der Waals surface area contributed by atoms with Gasteiger partial charge in [0.05, 0.1) is 20.6 Å². The number of cyclic esters (lactones) is 1. The molecule has 29 heavy (non-hydrogen) atoms. The quantitative estimate of drug-likeness (QED) is 0.618. The predicted molar refractivity (Wildman–Crippen MR) is 103 cm³/mol. The smallest absolute Gasteiger partial charge is 0.343 e. The third-order valence-corrected chi connectivity index (χ3v) is 4.58. The molecule has 1 aromatic heterocycles. The lowest BCUT2D eigenvalue weighted by molar-refractivity contribution is -0.118. The number of benzene rings is 2. The first-order valence-electron chi connectivity index (χ1n) is 8.82. The first kappa shape index (κ1) is 18.5. The third kappa shape index (κ3) is 3.49. The van der Waals surface area contributed by atoms with Crippen molar-refractivity contribution in [1.82, 2.24) is 15.2 Å². The van der Waals surface area contributed by atoms with Crippen molar-refractivity contribution in [3.05, 3.63) is 53.9 Å². The molecule has 0 spiro atoms.